The minimum atomic E-state index is -0.849. The fraction of sp³-hybridized carbons (Fsp3) is 0.588. The minimum Gasteiger partial charge on any atom is -0.378 e. The lowest BCUT2D eigenvalue weighted by molar-refractivity contribution is -0.170. The summed E-state index contributed by atoms with van der Waals surface area (Å²) in [7, 11) is 0. The number of nitrogens with one attached hydrogen (secondary N) is 1. The van der Waals surface area contributed by atoms with Crippen LogP contribution in [0.1, 0.15) is 27.2 Å². The highest BCUT2D eigenvalue weighted by atomic mass is 35.5. The Hall–Kier alpha value is -0.460. The Morgan fingerprint density at radius 2 is 2.04 bits per heavy atom. The molecule has 0 saturated heterocycles. The van der Waals surface area contributed by atoms with E-state index >= 15 is 0 Å². The van der Waals surface area contributed by atoms with Gasteiger partial charge in [0.25, 0.3) is 0 Å². The molecule has 1 aromatic carbocycles. The summed E-state index contributed by atoms with van der Waals surface area (Å²) in [4.78, 5) is 13.6. The number of hydrogen-bond acceptors (Lipinski definition) is 4. The third-order valence-corrected chi connectivity index (χ3v) is 5.97. The smallest absolute Gasteiger partial charge is 0.240 e. The molecule has 0 heterocycles. The molecule has 1 saturated carbocycles. The summed E-state index contributed by atoms with van der Waals surface area (Å²) in [5, 5.41) is 3.68. The quantitative estimate of drug-likeness (QED) is 0.550. The second-order valence-electron chi connectivity index (χ2n) is 6.40. The van der Waals surface area contributed by atoms with Crippen LogP contribution in [0.3, 0.4) is 0 Å². The van der Waals surface area contributed by atoms with Crippen molar-refractivity contribution in [2.45, 2.75) is 43.7 Å². The van der Waals surface area contributed by atoms with Gasteiger partial charge in [-0.3, -0.25) is 4.79 Å². The molecule has 1 fully saturated rings. The van der Waals surface area contributed by atoms with E-state index in [1.807, 2.05) is 45.0 Å². The number of benzene rings is 1. The average molecular weight is 393 g/mol. The molecule has 7 heteroatoms. The van der Waals surface area contributed by atoms with Crippen LogP contribution < -0.4 is 11.1 Å². The molecule has 2 atom stereocenters. The molecule has 2 unspecified atom stereocenters. The third kappa shape index (κ3) is 4.38. The van der Waals surface area contributed by atoms with Crippen LogP contribution in [0.5, 0.6) is 0 Å². The van der Waals surface area contributed by atoms with Crippen LogP contribution in [-0.4, -0.2) is 36.5 Å². The number of ether oxygens (including phenoxy) is 1. The Morgan fingerprint density at radius 3 is 2.58 bits per heavy atom. The van der Waals surface area contributed by atoms with E-state index in [0.29, 0.717) is 19.6 Å². The van der Waals surface area contributed by atoms with Crippen LogP contribution >= 0.6 is 35.8 Å². The van der Waals surface area contributed by atoms with E-state index in [9.17, 15) is 4.79 Å². The van der Waals surface area contributed by atoms with E-state index in [-0.39, 0.29) is 29.8 Å². The number of carbonyl (C=O) groups excluding carboxylic acids is 1. The fourth-order valence-corrected chi connectivity index (χ4v) is 3.74. The molecular weight excluding hydrogens is 367 g/mol. The number of carbonyl (C=O) groups is 1. The first kappa shape index (κ1) is 21.6. The van der Waals surface area contributed by atoms with Gasteiger partial charge in [0, 0.05) is 40.7 Å². The van der Waals surface area contributed by atoms with Crippen molar-refractivity contribution in [3.63, 3.8) is 0 Å². The molecule has 3 N–H and O–H groups in total. The summed E-state index contributed by atoms with van der Waals surface area (Å²) < 4.78 is 5.66. The normalized spacial score (nSPS) is 24.6. The molecule has 0 radical (unpaired) electrons. The highest BCUT2D eigenvalue weighted by Gasteiger charge is 2.62. The zero-order valence-corrected chi connectivity index (χ0v) is 16.7. The van der Waals surface area contributed by atoms with Crippen molar-refractivity contribution >= 4 is 41.7 Å². The van der Waals surface area contributed by atoms with Crippen molar-refractivity contribution in [3.8, 4) is 0 Å². The molecule has 0 aliphatic heterocycles. The summed E-state index contributed by atoms with van der Waals surface area (Å²) >= 11 is 7.53. The highest BCUT2D eigenvalue weighted by Crippen LogP contribution is 2.49. The lowest BCUT2D eigenvalue weighted by atomic mass is 9.54. The van der Waals surface area contributed by atoms with Gasteiger partial charge in [0.05, 0.1) is 6.10 Å². The van der Waals surface area contributed by atoms with E-state index in [0.717, 1.165) is 15.7 Å². The number of hydrogen-bond donors (Lipinski definition) is 2. The average Bonchev–Trinajstić information content (AvgIpc) is 2.52. The van der Waals surface area contributed by atoms with Gasteiger partial charge in [0.2, 0.25) is 5.91 Å². The molecule has 2 rings (SSSR count). The van der Waals surface area contributed by atoms with Gasteiger partial charge in [-0.25, -0.2) is 0 Å². The van der Waals surface area contributed by atoms with E-state index in [2.05, 4.69) is 5.32 Å². The van der Waals surface area contributed by atoms with Crippen LogP contribution in [0.4, 0.5) is 0 Å². The molecule has 136 valence electrons. The van der Waals surface area contributed by atoms with Crippen LogP contribution in [0.15, 0.2) is 29.2 Å². The summed E-state index contributed by atoms with van der Waals surface area (Å²) in [5.74, 6) is 0.703. The Morgan fingerprint density at radius 1 is 1.42 bits per heavy atom. The monoisotopic (exact) mass is 392 g/mol. The zero-order chi connectivity index (χ0) is 17.1. The zero-order valence-electron chi connectivity index (χ0n) is 14.3. The maximum absolute atomic E-state index is 12.5. The lowest BCUT2D eigenvalue weighted by Crippen LogP contribution is -2.75. The molecule has 0 bridgehead atoms. The standard InChI is InChI=1S/C17H25ClN2O2S.ClH/c1-4-22-14-11-17(19,16(14,2)3)15(21)20-9-10-23-13-7-5-12(18)6-8-13;/h5-8,14H,4,9-11,19H2,1-3H3,(H,20,21);1H. The number of halogens is 2. The summed E-state index contributed by atoms with van der Waals surface area (Å²) in [5.41, 5.74) is 5.14. The number of nitrogens with two attached hydrogens (primary N) is 1. The molecule has 1 aromatic rings. The van der Waals surface area contributed by atoms with Gasteiger partial charge >= 0.3 is 0 Å². The van der Waals surface area contributed by atoms with Crippen molar-refractivity contribution < 1.29 is 9.53 Å². The second-order valence-corrected chi connectivity index (χ2v) is 8.00. The van der Waals surface area contributed by atoms with Crippen LogP contribution in [0.2, 0.25) is 5.02 Å². The van der Waals surface area contributed by atoms with E-state index in [4.69, 9.17) is 22.1 Å². The van der Waals surface area contributed by atoms with Crippen LogP contribution in [0.25, 0.3) is 0 Å². The molecule has 0 aromatic heterocycles. The first-order chi connectivity index (χ1) is 10.8. The summed E-state index contributed by atoms with van der Waals surface area (Å²) in [6, 6.07) is 7.67. The summed E-state index contributed by atoms with van der Waals surface area (Å²) in [6.45, 7) is 7.18. The maximum atomic E-state index is 12.5. The molecule has 1 aliphatic rings. The van der Waals surface area contributed by atoms with Gasteiger partial charge in [-0.15, -0.1) is 24.2 Å². The Balaban J connectivity index is 0.00000288. The lowest BCUT2D eigenvalue weighted by Gasteiger charge is -2.57. The number of thioether (sulfide) groups is 1. The van der Waals surface area contributed by atoms with Crippen molar-refractivity contribution in [1.29, 1.82) is 0 Å². The van der Waals surface area contributed by atoms with Gasteiger partial charge in [-0.1, -0.05) is 25.4 Å². The molecule has 24 heavy (non-hydrogen) atoms. The van der Waals surface area contributed by atoms with Crippen LogP contribution in [-0.2, 0) is 9.53 Å². The van der Waals surface area contributed by atoms with Gasteiger partial charge in [-0.05, 0) is 31.2 Å². The number of rotatable bonds is 7. The van der Waals surface area contributed by atoms with E-state index in [1.54, 1.807) is 11.8 Å². The first-order valence-electron chi connectivity index (χ1n) is 7.88. The van der Waals surface area contributed by atoms with Gasteiger partial charge in [0.15, 0.2) is 0 Å². The molecule has 1 aliphatic carbocycles. The second kappa shape index (κ2) is 8.77. The first-order valence-corrected chi connectivity index (χ1v) is 9.25. The maximum Gasteiger partial charge on any atom is 0.240 e. The molecule has 1 amide bonds. The molecular formula is C17H26Cl2N2O2S. The van der Waals surface area contributed by atoms with Crippen molar-refractivity contribution in [1.82, 2.24) is 5.32 Å². The Kier molecular flexibility index (Phi) is 7.88. The minimum absolute atomic E-state index is 0. The molecule has 4 nitrogen and oxygen atoms in total. The number of amides is 1. The van der Waals surface area contributed by atoms with E-state index in [1.165, 1.54) is 0 Å². The predicted molar refractivity (Wildman–Crippen MR) is 103 cm³/mol. The van der Waals surface area contributed by atoms with Gasteiger partial charge < -0.3 is 15.8 Å². The third-order valence-electron chi connectivity index (χ3n) is 4.71. The van der Waals surface area contributed by atoms with E-state index < -0.39 is 5.54 Å². The van der Waals surface area contributed by atoms with Crippen LogP contribution in [0, 0.1) is 5.41 Å². The fourth-order valence-electron chi connectivity index (χ4n) is 2.84. The Bertz CT molecular complexity index is 554. The van der Waals surface area contributed by atoms with Crippen molar-refractivity contribution in [2.24, 2.45) is 11.1 Å². The Labute approximate surface area is 159 Å². The highest BCUT2D eigenvalue weighted by molar-refractivity contribution is 7.99. The van der Waals surface area contributed by atoms with Gasteiger partial charge in [0.1, 0.15) is 5.54 Å². The topological polar surface area (TPSA) is 64.3 Å². The van der Waals surface area contributed by atoms with Gasteiger partial charge in [-0.2, -0.15) is 0 Å². The molecule has 0 spiro atoms. The largest absolute Gasteiger partial charge is 0.378 e. The van der Waals surface area contributed by atoms with Crippen molar-refractivity contribution in [3.05, 3.63) is 29.3 Å². The van der Waals surface area contributed by atoms with Crippen molar-refractivity contribution in [2.75, 3.05) is 18.9 Å². The summed E-state index contributed by atoms with van der Waals surface area (Å²) in [6.07, 6.45) is 0.621. The predicted octanol–water partition coefficient (Wildman–Crippen LogP) is 3.50. The SMILES string of the molecule is CCOC1CC(N)(C(=O)NCCSc2ccc(Cl)cc2)C1(C)C.Cl.